The van der Waals surface area contributed by atoms with Gasteiger partial charge in [-0.1, -0.05) is 26.0 Å². The number of nitrogens with one attached hydrogen (secondary N) is 4. The summed E-state index contributed by atoms with van der Waals surface area (Å²) in [4.78, 5) is 42.0. The molecule has 2 heterocycles. The Morgan fingerprint density at radius 1 is 0.936 bits per heavy atom. The first-order valence-electron chi connectivity index (χ1n) is 16.5. The maximum Gasteiger partial charge on any atom is 0.255 e. The summed E-state index contributed by atoms with van der Waals surface area (Å²) in [5, 5.41) is 12.8. The molecule has 1 aliphatic carbocycles. The third-order valence-electron chi connectivity index (χ3n) is 8.41. The smallest absolute Gasteiger partial charge is 0.255 e. The van der Waals surface area contributed by atoms with Crippen molar-refractivity contribution in [2.75, 3.05) is 35.4 Å². The van der Waals surface area contributed by atoms with Gasteiger partial charge in [0, 0.05) is 40.8 Å². The second kappa shape index (κ2) is 15.2. The molecule has 0 atom stereocenters. The van der Waals surface area contributed by atoms with Crippen LogP contribution >= 0.6 is 0 Å². The summed E-state index contributed by atoms with van der Waals surface area (Å²) in [6.07, 6.45) is 10.4. The first kappa shape index (κ1) is 33.6. The van der Waals surface area contributed by atoms with E-state index in [2.05, 4.69) is 72.9 Å². The topological polar surface area (TPSA) is 129 Å². The van der Waals surface area contributed by atoms with Crippen LogP contribution in [0.1, 0.15) is 76.2 Å². The summed E-state index contributed by atoms with van der Waals surface area (Å²) in [6.45, 7) is 8.41. The number of hydrogen-bond donors (Lipinski definition) is 4. The normalized spacial score (nSPS) is 16.7. The van der Waals surface area contributed by atoms with E-state index in [1.165, 1.54) is 0 Å². The monoisotopic (exact) mass is 637 g/mol. The predicted molar refractivity (Wildman–Crippen MR) is 190 cm³/mol. The van der Waals surface area contributed by atoms with Gasteiger partial charge in [-0.05, 0) is 115 Å². The van der Waals surface area contributed by atoms with Gasteiger partial charge < -0.3 is 30.7 Å². The number of hydrogen-bond acceptors (Lipinski definition) is 8. The highest BCUT2D eigenvalue weighted by molar-refractivity contribution is 6.05. The maximum atomic E-state index is 13.1. The number of rotatable bonds is 12. The van der Waals surface area contributed by atoms with Crippen LogP contribution in [0.5, 0.6) is 0 Å². The zero-order valence-electron chi connectivity index (χ0n) is 28.2. The minimum Gasteiger partial charge on any atom is -0.351 e. The van der Waals surface area contributed by atoms with Crippen LogP contribution in [-0.2, 0) is 4.79 Å². The van der Waals surface area contributed by atoms with E-state index in [0.717, 1.165) is 43.4 Å². The van der Waals surface area contributed by atoms with Crippen molar-refractivity contribution in [2.45, 2.75) is 77.9 Å². The van der Waals surface area contributed by atoms with Crippen LogP contribution in [0.15, 0.2) is 67.0 Å². The molecule has 0 aliphatic heterocycles. The number of aromatic nitrogens is 4. The molecule has 0 bridgehead atoms. The lowest BCUT2D eigenvalue weighted by Crippen LogP contribution is -2.36. The summed E-state index contributed by atoms with van der Waals surface area (Å²) in [6, 6.07) is 15.4. The minimum absolute atomic E-state index is 0.182. The number of anilines is 5. The first-order valence-corrected chi connectivity index (χ1v) is 16.5. The van der Waals surface area contributed by atoms with Crippen LogP contribution in [0, 0.1) is 5.92 Å². The van der Waals surface area contributed by atoms with Gasteiger partial charge in [-0.2, -0.15) is 9.97 Å². The van der Waals surface area contributed by atoms with E-state index in [9.17, 15) is 9.59 Å². The summed E-state index contributed by atoms with van der Waals surface area (Å²) < 4.78 is 2.05. The van der Waals surface area contributed by atoms with Crippen LogP contribution in [0.25, 0.3) is 11.2 Å². The van der Waals surface area contributed by atoms with Gasteiger partial charge in [0.05, 0.1) is 6.33 Å². The number of benzene rings is 2. The fourth-order valence-electron chi connectivity index (χ4n) is 5.72. The van der Waals surface area contributed by atoms with E-state index in [0.29, 0.717) is 52.2 Å². The van der Waals surface area contributed by atoms with Crippen molar-refractivity contribution in [1.82, 2.24) is 24.4 Å². The van der Waals surface area contributed by atoms with Crippen LogP contribution in [0.2, 0.25) is 0 Å². The molecule has 11 nitrogen and oxygen atoms in total. The molecule has 2 aromatic heterocycles. The molecule has 0 saturated heterocycles. The fourth-order valence-corrected chi connectivity index (χ4v) is 5.72. The number of amides is 2. The van der Waals surface area contributed by atoms with Crippen LogP contribution < -0.4 is 21.3 Å². The number of carbonyl (C=O) groups is 2. The maximum absolute atomic E-state index is 13.1. The highest BCUT2D eigenvalue weighted by atomic mass is 16.2. The molecule has 0 unspecified atom stereocenters. The highest BCUT2D eigenvalue weighted by Crippen LogP contribution is 2.29. The molecule has 47 heavy (non-hydrogen) atoms. The van der Waals surface area contributed by atoms with Gasteiger partial charge in [-0.3, -0.25) is 9.59 Å². The molecule has 2 amide bonds. The van der Waals surface area contributed by atoms with Crippen LogP contribution in [0.4, 0.5) is 28.8 Å². The lowest BCUT2D eigenvalue weighted by Gasteiger charge is -2.33. The SMILES string of the molecule is CC(C)C/C=C/C(=O)Nc1ccc(C(=O)Nc2cccc(Nc3nc(NC4CCC(N(C)C)CC4)nc4c3ncn4C(C)C)c2)cc1. The van der Waals surface area contributed by atoms with Crippen molar-refractivity contribution >= 4 is 51.8 Å². The lowest BCUT2D eigenvalue weighted by atomic mass is 9.91. The van der Waals surface area contributed by atoms with Gasteiger partial charge in [-0.15, -0.1) is 0 Å². The average Bonchev–Trinajstić information content (AvgIpc) is 3.46. The summed E-state index contributed by atoms with van der Waals surface area (Å²) in [5.41, 5.74) is 3.92. The van der Waals surface area contributed by atoms with E-state index in [4.69, 9.17) is 9.97 Å². The first-order chi connectivity index (χ1) is 22.5. The van der Waals surface area contributed by atoms with E-state index in [1.54, 1.807) is 36.7 Å². The van der Waals surface area contributed by atoms with Crippen molar-refractivity contribution in [3.05, 3.63) is 72.6 Å². The number of carbonyl (C=O) groups excluding carboxylic acids is 2. The zero-order valence-corrected chi connectivity index (χ0v) is 28.2. The molecule has 0 radical (unpaired) electrons. The largest absolute Gasteiger partial charge is 0.351 e. The van der Waals surface area contributed by atoms with Gasteiger partial charge in [0.2, 0.25) is 11.9 Å². The zero-order chi connectivity index (χ0) is 33.5. The Morgan fingerprint density at radius 2 is 1.66 bits per heavy atom. The Bertz CT molecular complexity index is 1700. The standard InChI is InChI=1S/C36H47N9O2/c1-23(2)9-7-12-31(46)38-26-15-13-25(14-16-26)35(47)40-29-11-8-10-28(21-29)39-33-32-34(45(22-37-32)24(3)4)43-36(42-33)41-27-17-19-30(20-18-27)44(5)6/h7-8,10-16,21-24,27,30H,9,17-20H2,1-6H3,(H,38,46)(H,40,47)(H2,39,41,42,43)/b12-7+. The molecule has 4 aromatic rings. The Labute approximate surface area is 277 Å². The van der Waals surface area contributed by atoms with E-state index < -0.39 is 0 Å². The van der Waals surface area contributed by atoms with Gasteiger partial charge in [-0.25, -0.2) is 4.98 Å². The minimum atomic E-state index is -0.257. The molecule has 4 N–H and O–H groups in total. The lowest BCUT2D eigenvalue weighted by molar-refractivity contribution is -0.111. The highest BCUT2D eigenvalue weighted by Gasteiger charge is 2.24. The molecule has 11 heteroatoms. The fraction of sp³-hybridized carbons (Fsp3) is 0.417. The Kier molecular flexibility index (Phi) is 10.9. The molecule has 1 fully saturated rings. The van der Waals surface area contributed by atoms with Gasteiger partial charge in [0.1, 0.15) is 0 Å². The van der Waals surface area contributed by atoms with E-state index in [1.807, 2.05) is 34.9 Å². The van der Waals surface area contributed by atoms with Crippen molar-refractivity contribution in [1.29, 1.82) is 0 Å². The number of allylic oxidation sites excluding steroid dienone is 1. The molecule has 1 saturated carbocycles. The second-order valence-electron chi connectivity index (χ2n) is 13.2. The van der Waals surface area contributed by atoms with Crippen molar-refractivity contribution in [3.8, 4) is 0 Å². The van der Waals surface area contributed by atoms with E-state index >= 15 is 0 Å². The van der Waals surface area contributed by atoms with Crippen molar-refractivity contribution < 1.29 is 9.59 Å². The van der Waals surface area contributed by atoms with Crippen molar-refractivity contribution in [3.63, 3.8) is 0 Å². The van der Waals surface area contributed by atoms with Gasteiger partial charge >= 0.3 is 0 Å². The number of imidazole rings is 1. The molecule has 5 rings (SSSR count). The predicted octanol–water partition coefficient (Wildman–Crippen LogP) is 7.23. The molecule has 2 aromatic carbocycles. The van der Waals surface area contributed by atoms with E-state index in [-0.39, 0.29) is 17.9 Å². The summed E-state index contributed by atoms with van der Waals surface area (Å²) >= 11 is 0. The number of fused-ring (bicyclic) bond motifs is 1. The Morgan fingerprint density at radius 3 is 2.34 bits per heavy atom. The Hall–Kier alpha value is -4.77. The quantitative estimate of drug-likeness (QED) is 0.120. The Balaban J connectivity index is 1.28. The number of nitrogens with zero attached hydrogens (tertiary/aromatic N) is 5. The second-order valence-corrected chi connectivity index (χ2v) is 13.2. The summed E-state index contributed by atoms with van der Waals surface area (Å²) in [7, 11) is 4.30. The third kappa shape index (κ3) is 8.94. The average molecular weight is 638 g/mol. The summed E-state index contributed by atoms with van der Waals surface area (Å²) in [5.74, 6) is 1.21. The molecular formula is C36H47N9O2. The van der Waals surface area contributed by atoms with Gasteiger partial charge in [0.15, 0.2) is 17.0 Å². The van der Waals surface area contributed by atoms with Crippen LogP contribution in [0.3, 0.4) is 0 Å². The van der Waals surface area contributed by atoms with Gasteiger partial charge in [0.25, 0.3) is 5.91 Å². The third-order valence-corrected chi connectivity index (χ3v) is 8.41. The molecule has 0 spiro atoms. The van der Waals surface area contributed by atoms with Crippen molar-refractivity contribution in [2.24, 2.45) is 5.92 Å². The molecular weight excluding hydrogens is 590 g/mol. The molecule has 1 aliphatic rings. The van der Waals surface area contributed by atoms with Crippen LogP contribution in [-0.4, -0.2) is 62.4 Å². The molecule has 248 valence electrons.